The van der Waals surface area contributed by atoms with Crippen LogP contribution >= 0.6 is 0 Å². The van der Waals surface area contributed by atoms with E-state index in [1.807, 2.05) is 49.5 Å². The van der Waals surface area contributed by atoms with E-state index in [0.29, 0.717) is 0 Å². The van der Waals surface area contributed by atoms with Crippen LogP contribution in [0.5, 0.6) is 11.5 Å². The number of ether oxygens (including phenoxy) is 1. The smallest absolute Gasteiger partial charge is 0.132 e. The molecule has 0 heterocycles. The van der Waals surface area contributed by atoms with E-state index in [2.05, 4.69) is 18.3 Å². The van der Waals surface area contributed by atoms with E-state index in [1.54, 1.807) is 0 Å². The lowest BCUT2D eigenvalue weighted by Gasteiger charge is -2.18. The van der Waals surface area contributed by atoms with Gasteiger partial charge in [-0.15, -0.1) is 0 Å². The number of hydrogen-bond acceptors (Lipinski definition) is 3. The Labute approximate surface area is 120 Å². The summed E-state index contributed by atoms with van der Waals surface area (Å²) < 4.78 is 5.97. The topological polar surface area (TPSA) is 41.5 Å². The van der Waals surface area contributed by atoms with Crippen molar-refractivity contribution in [3.63, 3.8) is 0 Å². The number of aliphatic hydroxyl groups excluding tert-OH is 1. The number of nitrogens with one attached hydrogen (secondary N) is 1. The molecule has 1 unspecified atom stereocenters. The van der Waals surface area contributed by atoms with Crippen LogP contribution in [0.3, 0.4) is 0 Å². The first-order chi connectivity index (χ1) is 9.78. The first-order valence-corrected chi connectivity index (χ1v) is 6.92. The fourth-order valence-corrected chi connectivity index (χ4v) is 2.23. The summed E-state index contributed by atoms with van der Waals surface area (Å²) in [5.41, 5.74) is 2.04. The largest absolute Gasteiger partial charge is 0.457 e. The monoisotopic (exact) mass is 271 g/mol. The van der Waals surface area contributed by atoms with Crippen LogP contribution in [-0.4, -0.2) is 12.2 Å². The predicted molar refractivity (Wildman–Crippen MR) is 81.0 cm³/mol. The van der Waals surface area contributed by atoms with Crippen molar-refractivity contribution in [1.82, 2.24) is 5.32 Å². The van der Waals surface area contributed by atoms with Gasteiger partial charge in [-0.2, -0.15) is 0 Å². The van der Waals surface area contributed by atoms with Crippen molar-refractivity contribution in [1.29, 1.82) is 0 Å². The summed E-state index contributed by atoms with van der Waals surface area (Å²) in [6, 6.07) is 15.8. The highest BCUT2D eigenvalue weighted by Crippen LogP contribution is 2.30. The van der Waals surface area contributed by atoms with Crippen LogP contribution < -0.4 is 10.1 Å². The van der Waals surface area contributed by atoms with Crippen LogP contribution in [-0.2, 0) is 6.61 Å². The molecular weight excluding hydrogens is 250 g/mol. The molecule has 0 aliphatic rings. The maximum atomic E-state index is 9.05. The fourth-order valence-electron chi connectivity index (χ4n) is 2.23. The van der Waals surface area contributed by atoms with Crippen LogP contribution in [0.25, 0.3) is 0 Å². The Morgan fingerprint density at radius 1 is 1.10 bits per heavy atom. The van der Waals surface area contributed by atoms with E-state index in [0.717, 1.165) is 29.0 Å². The van der Waals surface area contributed by atoms with E-state index < -0.39 is 0 Å². The van der Waals surface area contributed by atoms with Gasteiger partial charge in [-0.25, -0.2) is 0 Å². The van der Waals surface area contributed by atoms with Crippen molar-refractivity contribution in [2.24, 2.45) is 0 Å². The number of aliphatic hydroxyl groups is 1. The quantitative estimate of drug-likeness (QED) is 0.842. The zero-order chi connectivity index (χ0) is 14.4. The molecule has 0 radical (unpaired) electrons. The summed E-state index contributed by atoms with van der Waals surface area (Å²) >= 11 is 0. The van der Waals surface area contributed by atoms with Crippen molar-refractivity contribution in [3.8, 4) is 11.5 Å². The van der Waals surface area contributed by atoms with Crippen molar-refractivity contribution in [2.45, 2.75) is 26.0 Å². The molecule has 0 saturated heterocycles. The third kappa shape index (κ3) is 3.38. The molecule has 2 N–H and O–H groups in total. The Bertz CT molecular complexity index is 533. The molecule has 3 heteroatoms. The van der Waals surface area contributed by atoms with Crippen LogP contribution in [0.2, 0.25) is 0 Å². The number of para-hydroxylation sites is 1. The van der Waals surface area contributed by atoms with E-state index in [9.17, 15) is 0 Å². The number of hydrogen-bond donors (Lipinski definition) is 2. The Balaban J connectivity index is 2.23. The van der Waals surface area contributed by atoms with Gasteiger partial charge >= 0.3 is 0 Å². The molecule has 106 valence electrons. The van der Waals surface area contributed by atoms with Gasteiger partial charge in [0.05, 0.1) is 6.61 Å². The standard InChI is InChI=1S/C17H21NO2/c1-3-16(18-2)15-6-4-5-7-17(15)20-14-10-8-13(12-19)9-11-14/h4-11,16,18-19H,3,12H2,1-2H3. The van der Waals surface area contributed by atoms with Crippen LogP contribution in [0.1, 0.15) is 30.5 Å². The van der Waals surface area contributed by atoms with Gasteiger partial charge in [0.15, 0.2) is 0 Å². The van der Waals surface area contributed by atoms with E-state index in [1.165, 1.54) is 0 Å². The van der Waals surface area contributed by atoms with Crippen LogP contribution in [0.15, 0.2) is 48.5 Å². The molecular formula is C17H21NO2. The average molecular weight is 271 g/mol. The highest BCUT2D eigenvalue weighted by atomic mass is 16.5. The van der Waals surface area contributed by atoms with E-state index >= 15 is 0 Å². The van der Waals surface area contributed by atoms with Gasteiger partial charge in [0.25, 0.3) is 0 Å². The Hall–Kier alpha value is -1.84. The van der Waals surface area contributed by atoms with Crippen LogP contribution in [0.4, 0.5) is 0 Å². The zero-order valence-electron chi connectivity index (χ0n) is 12.0. The van der Waals surface area contributed by atoms with Gasteiger partial charge in [-0.3, -0.25) is 0 Å². The first-order valence-electron chi connectivity index (χ1n) is 6.92. The number of benzene rings is 2. The SMILES string of the molecule is CCC(NC)c1ccccc1Oc1ccc(CO)cc1. The minimum atomic E-state index is 0.0501. The zero-order valence-corrected chi connectivity index (χ0v) is 12.0. The summed E-state index contributed by atoms with van der Waals surface area (Å²) in [5.74, 6) is 1.64. The highest BCUT2D eigenvalue weighted by molar-refractivity contribution is 5.40. The fraction of sp³-hybridized carbons (Fsp3) is 0.294. The molecule has 0 bridgehead atoms. The second-order valence-corrected chi connectivity index (χ2v) is 4.69. The van der Waals surface area contributed by atoms with E-state index in [-0.39, 0.29) is 12.6 Å². The van der Waals surface area contributed by atoms with Gasteiger partial charge in [0.2, 0.25) is 0 Å². The third-order valence-electron chi connectivity index (χ3n) is 3.38. The molecule has 0 aromatic heterocycles. The average Bonchev–Trinajstić information content (AvgIpc) is 2.51. The van der Waals surface area contributed by atoms with Gasteiger partial charge in [-0.1, -0.05) is 37.3 Å². The summed E-state index contributed by atoms with van der Waals surface area (Å²) in [4.78, 5) is 0. The van der Waals surface area contributed by atoms with Gasteiger partial charge in [0.1, 0.15) is 11.5 Å². The Kier molecular flexibility index (Phi) is 5.16. The molecule has 0 aliphatic carbocycles. The third-order valence-corrected chi connectivity index (χ3v) is 3.38. The molecule has 20 heavy (non-hydrogen) atoms. The maximum absolute atomic E-state index is 9.05. The lowest BCUT2D eigenvalue weighted by molar-refractivity contribution is 0.281. The minimum absolute atomic E-state index is 0.0501. The normalized spacial score (nSPS) is 12.2. The van der Waals surface area contributed by atoms with Gasteiger partial charge in [0, 0.05) is 11.6 Å². The Morgan fingerprint density at radius 2 is 1.80 bits per heavy atom. The van der Waals surface area contributed by atoms with Crippen molar-refractivity contribution >= 4 is 0 Å². The van der Waals surface area contributed by atoms with Crippen molar-refractivity contribution in [3.05, 3.63) is 59.7 Å². The van der Waals surface area contributed by atoms with E-state index in [4.69, 9.17) is 9.84 Å². The van der Waals surface area contributed by atoms with Gasteiger partial charge < -0.3 is 15.2 Å². The molecule has 1 atom stereocenters. The molecule has 2 aromatic rings. The van der Waals surface area contributed by atoms with Crippen molar-refractivity contribution < 1.29 is 9.84 Å². The predicted octanol–water partition coefficient (Wildman–Crippen LogP) is 3.64. The van der Waals surface area contributed by atoms with Crippen LogP contribution in [0, 0.1) is 0 Å². The molecule has 0 amide bonds. The lowest BCUT2D eigenvalue weighted by Crippen LogP contribution is -2.15. The molecule has 2 aromatic carbocycles. The lowest BCUT2D eigenvalue weighted by atomic mass is 10.0. The molecule has 0 spiro atoms. The van der Waals surface area contributed by atoms with Crippen molar-refractivity contribution in [2.75, 3.05) is 7.05 Å². The number of rotatable bonds is 6. The summed E-state index contributed by atoms with van der Waals surface area (Å²) in [6.45, 7) is 2.20. The summed E-state index contributed by atoms with van der Waals surface area (Å²) in [6.07, 6.45) is 1.00. The summed E-state index contributed by atoms with van der Waals surface area (Å²) in [5, 5.41) is 12.3. The molecule has 2 rings (SSSR count). The first kappa shape index (κ1) is 14.6. The second-order valence-electron chi connectivity index (χ2n) is 4.69. The Morgan fingerprint density at radius 3 is 2.40 bits per heavy atom. The maximum Gasteiger partial charge on any atom is 0.132 e. The highest BCUT2D eigenvalue weighted by Gasteiger charge is 2.12. The molecule has 0 aliphatic heterocycles. The van der Waals surface area contributed by atoms with Gasteiger partial charge in [-0.05, 0) is 37.2 Å². The second kappa shape index (κ2) is 7.08. The molecule has 0 fully saturated rings. The molecule has 3 nitrogen and oxygen atoms in total. The molecule has 0 saturated carbocycles. The minimum Gasteiger partial charge on any atom is -0.457 e. The summed E-state index contributed by atoms with van der Waals surface area (Å²) in [7, 11) is 1.96.